The average molecular weight is 209 g/mol. The molecule has 86 valence electrons. The largest absolute Gasteiger partial charge is 0.325 e. The molecule has 3 nitrogen and oxygen atoms in total. The first-order chi connectivity index (χ1) is 6.98. The topological polar surface area (TPSA) is 43.8 Å². The minimum Gasteiger partial charge on any atom is -0.325 e. The summed E-state index contributed by atoms with van der Waals surface area (Å²) in [6, 6.07) is 2.14. The van der Waals surface area contributed by atoms with Crippen molar-refractivity contribution in [3.63, 3.8) is 0 Å². The van der Waals surface area contributed by atoms with Crippen LogP contribution in [-0.2, 0) is 13.0 Å². The molecule has 0 aliphatic carbocycles. The molecule has 0 aromatic carbocycles. The highest BCUT2D eigenvalue weighted by Gasteiger charge is 2.20. The first kappa shape index (κ1) is 12.2. The maximum Gasteiger partial charge on any atom is 0.0596 e. The van der Waals surface area contributed by atoms with Crippen LogP contribution in [0.25, 0.3) is 0 Å². The third-order valence-corrected chi connectivity index (χ3v) is 2.69. The van der Waals surface area contributed by atoms with E-state index in [4.69, 9.17) is 5.73 Å². The number of rotatable bonds is 5. The molecule has 15 heavy (non-hydrogen) atoms. The SMILES string of the molecule is CCCC(C)(N)Cc1cc(C)nn1CC. The molecule has 2 N–H and O–H groups in total. The van der Waals surface area contributed by atoms with Crippen molar-refractivity contribution in [2.45, 2.75) is 59.0 Å². The Balaban J connectivity index is 2.78. The van der Waals surface area contributed by atoms with Crippen molar-refractivity contribution in [3.8, 4) is 0 Å². The van der Waals surface area contributed by atoms with E-state index in [-0.39, 0.29) is 5.54 Å². The smallest absolute Gasteiger partial charge is 0.0596 e. The molecule has 0 aliphatic heterocycles. The van der Waals surface area contributed by atoms with E-state index in [0.29, 0.717) is 0 Å². The average Bonchev–Trinajstić information content (AvgIpc) is 2.44. The summed E-state index contributed by atoms with van der Waals surface area (Å²) in [6.07, 6.45) is 3.10. The minimum absolute atomic E-state index is 0.103. The summed E-state index contributed by atoms with van der Waals surface area (Å²) in [5, 5.41) is 4.43. The van der Waals surface area contributed by atoms with Gasteiger partial charge in [0.2, 0.25) is 0 Å². The molecule has 1 rings (SSSR count). The van der Waals surface area contributed by atoms with Gasteiger partial charge in [-0.15, -0.1) is 0 Å². The van der Waals surface area contributed by atoms with Gasteiger partial charge in [-0.1, -0.05) is 13.3 Å². The van der Waals surface area contributed by atoms with Crippen molar-refractivity contribution < 1.29 is 0 Å². The lowest BCUT2D eigenvalue weighted by Gasteiger charge is -2.24. The predicted molar refractivity (Wildman–Crippen MR) is 63.8 cm³/mol. The summed E-state index contributed by atoms with van der Waals surface area (Å²) < 4.78 is 2.05. The van der Waals surface area contributed by atoms with Crippen LogP contribution in [0.4, 0.5) is 0 Å². The standard InChI is InChI=1S/C12H23N3/c1-5-7-12(4,13)9-11-8-10(3)14-15(11)6-2/h8H,5-7,9,13H2,1-4H3. The molecular formula is C12H23N3. The Hall–Kier alpha value is -0.830. The lowest BCUT2D eigenvalue weighted by Crippen LogP contribution is -2.39. The third kappa shape index (κ3) is 3.34. The van der Waals surface area contributed by atoms with Crippen LogP contribution < -0.4 is 5.73 Å². The van der Waals surface area contributed by atoms with E-state index in [1.54, 1.807) is 0 Å². The monoisotopic (exact) mass is 209 g/mol. The zero-order valence-electron chi connectivity index (χ0n) is 10.4. The maximum absolute atomic E-state index is 6.25. The highest BCUT2D eigenvalue weighted by Crippen LogP contribution is 2.16. The fraction of sp³-hybridized carbons (Fsp3) is 0.750. The van der Waals surface area contributed by atoms with E-state index in [1.165, 1.54) is 5.69 Å². The van der Waals surface area contributed by atoms with E-state index >= 15 is 0 Å². The number of nitrogens with zero attached hydrogens (tertiary/aromatic N) is 2. The van der Waals surface area contributed by atoms with Crippen LogP contribution in [0, 0.1) is 6.92 Å². The van der Waals surface area contributed by atoms with E-state index in [1.807, 2.05) is 6.92 Å². The minimum atomic E-state index is -0.103. The molecule has 1 aromatic heterocycles. The number of hydrogen-bond acceptors (Lipinski definition) is 2. The summed E-state index contributed by atoms with van der Waals surface area (Å²) in [7, 11) is 0. The van der Waals surface area contributed by atoms with Gasteiger partial charge in [0.15, 0.2) is 0 Å². The van der Waals surface area contributed by atoms with Crippen LogP contribution >= 0.6 is 0 Å². The van der Waals surface area contributed by atoms with Crippen molar-refractivity contribution in [3.05, 3.63) is 17.5 Å². The Morgan fingerprint density at radius 2 is 2.13 bits per heavy atom. The third-order valence-electron chi connectivity index (χ3n) is 2.69. The zero-order valence-corrected chi connectivity index (χ0v) is 10.4. The Kier molecular flexibility index (Phi) is 3.91. The van der Waals surface area contributed by atoms with Gasteiger partial charge in [0, 0.05) is 24.2 Å². The van der Waals surface area contributed by atoms with Crippen molar-refractivity contribution in [2.75, 3.05) is 0 Å². The van der Waals surface area contributed by atoms with Gasteiger partial charge >= 0.3 is 0 Å². The summed E-state index contributed by atoms with van der Waals surface area (Å²) in [5.41, 5.74) is 8.49. The van der Waals surface area contributed by atoms with E-state index < -0.39 is 0 Å². The van der Waals surface area contributed by atoms with E-state index in [0.717, 1.165) is 31.5 Å². The van der Waals surface area contributed by atoms with Gasteiger partial charge in [0.05, 0.1) is 5.69 Å². The molecule has 1 aromatic rings. The van der Waals surface area contributed by atoms with Gasteiger partial charge in [0.25, 0.3) is 0 Å². The molecule has 0 bridgehead atoms. The quantitative estimate of drug-likeness (QED) is 0.808. The molecular weight excluding hydrogens is 186 g/mol. The van der Waals surface area contributed by atoms with Crippen LogP contribution in [0.15, 0.2) is 6.07 Å². The van der Waals surface area contributed by atoms with Gasteiger partial charge in [0.1, 0.15) is 0 Å². The molecule has 0 radical (unpaired) electrons. The summed E-state index contributed by atoms with van der Waals surface area (Å²) in [5.74, 6) is 0. The maximum atomic E-state index is 6.25. The molecule has 1 atom stereocenters. The molecule has 0 aliphatic rings. The fourth-order valence-corrected chi connectivity index (χ4v) is 2.09. The van der Waals surface area contributed by atoms with Crippen molar-refractivity contribution >= 4 is 0 Å². The second-order valence-corrected chi connectivity index (χ2v) is 4.67. The number of hydrogen-bond donors (Lipinski definition) is 1. The Labute approximate surface area is 92.7 Å². The highest BCUT2D eigenvalue weighted by molar-refractivity contribution is 5.12. The molecule has 1 heterocycles. The van der Waals surface area contributed by atoms with Gasteiger partial charge in [-0.05, 0) is 33.3 Å². The lowest BCUT2D eigenvalue weighted by atomic mass is 9.92. The van der Waals surface area contributed by atoms with Crippen LogP contribution in [0.3, 0.4) is 0 Å². The lowest BCUT2D eigenvalue weighted by molar-refractivity contribution is 0.409. The molecule has 0 saturated carbocycles. The zero-order chi connectivity index (χ0) is 11.5. The molecule has 1 unspecified atom stereocenters. The van der Waals surface area contributed by atoms with Crippen molar-refractivity contribution in [1.82, 2.24) is 9.78 Å². The Bertz CT molecular complexity index is 313. The number of aryl methyl sites for hydroxylation is 2. The Morgan fingerprint density at radius 1 is 1.47 bits per heavy atom. The fourth-order valence-electron chi connectivity index (χ4n) is 2.09. The van der Waals surface area contributed by atoms with Gasteiger partial charge in [-0.3, -0.25) is 4.68 Å². The van der Waals surface area contributed by atoms with Crippen LogP contribution in [-0.4, -0.2) is 15.3 Å². The first-order valence-electron chi connectivity index (χ1n) is 5.80. The van der Waals surface area contributed by atoms with E-state index in [9.17, 15) is 0 Å². The normalized spacial score (nSPS) is 15.3. The summed E-state index contributed by atoms with van der Waals surface area (Å²) >= 11 is 0. The van der Waals surface area contributed by atoms with Gasteiger partial charge in [-0.25, -0.2) is 0 Å². The number of aromatic nitrogens is 2. The van der Waals surface area contributed by atoms with Crippen LogP contribution in [0.1, 0.15) is 45.0 Å². The molecule has 0 saturated heterocycles. The van der Waals surface area contributed by atoms with Crippen molar-refractivity contribution in [2.24, 2.45) is 5.73 Å². The van der Waals surface area contributed by atoms with Gasteiger partial charge < -0.3 is 5.73 Å². The molecule has 3 heteroatoms. The van der Waals surface area contributed by atoms with Crippen LogP contribution in [0.5, 0.6) is 0 Å². The van der Waals surface area contributed by atoms with E-state index in [2.05, 4.69) is 36.6 Å². The molecule has 0 fully saturated rings. The summed E-state index contributed by atoms with van der Waals surface area (Å²) in [4.78, 5) is 0. The second kappa shape index (κ2) is 4.79. The van der Waals surface area contributed by atoms with Gasteiger partial charge in [-0.2, -0.15) is 5.10 Å². The highest BCUT2D eigenvalue weighted by atomic mass is 15.3. The molecule has 0 spiro atoms. The second-order valence-electron chi connectivity index (χ2n) is 4.67. The first-order valence-corrected chi connectivity index (χ1v) is 5.80. The predicted octanol–water partition coefficient (Wildman–Crippen LogP) is 2.27. The molecule has 0 amide bonds. The van der Waals surface area contributed by atoms with Crippen LogP contribution in [0.2, 0.25) is 0 Å². The van der Waals surface area contributed by atoms with Crippen molar-refractivity contribution in [1.29, 1.82) is 0 Å². The number of nitrogens with two attached hydrogens (primary N) is 1. The summed E-state index contributed by atoms with van der Waals surface area (Å²) in [6.45, 7) is 9.37. The Morgan fingerprint density at radius 3 is 2.67 bits per heavy atom.